The lowest BCUT2D eigenvalue weighted by Gasteiger charge is -1.99. The summed E-state index contributed by atoms with van der Waals surface area (Å²) in [6, 6.07) is 0. The molecule has 74 valence electrons. The van der Waals surface area contributed by atoms with Gasteiger partial charge in [-0.3, -0.25) is 0 Å². The molecule has 0 saturated heterocycles. The Labute approximate surface area is 90.8 Å². The highest BCUT2D eigenvalue weighted by atomic mass is 79.9. The summed E-state index contributed by atoms with van der Waals surface area (Å²) in [5, 5.41) is 9.31. The van der Waals surface area contributed by atoms with Crippen LogP contribution in [-0.2, 0) is 0 Å². The molecule has 1 aliphatic rings. The third-order valence-electron chi connectivity index (χ3n) is 1.60. The van der Waals surface area contributed by atoms with Crippen molar-refractivity contribution in [2.24, 2.45) is 0 Å². The minimum atomic E-state index is -0.328. The van der Waals surface area contributed by atoms with Crippen molar-refractivity contribution < 1.29 is 9.50 Å². The van der Waals surface area contributed by atoms with Crippen LogP contribution < -0.4 is 0 Å². The van der Waals surface area contributed by atoms with Gasteiger partial charge in [-0.1, -0.05) is 12.7 Å². The average molecular weight is 257 g/mol. The topological polar surface area (TPSA) is 20.2 Å². The number of aliphatic hydroxyl groups excluding tert-OH is 1. The van der Waals surface area contributed by atoms with Gasteiger partial charge in [-0.05, 0) is 52.2 Å². The van der Waals surface area contributed by atoms with Gasteiger partial charge in [-0.2, -0.15) is 0 Å². The molecule has 3 heteroatoms. The first-order valence-corrected chi connectivity index (χ1v) is 4.88. The first-order valence-electron chi connectivity index (χ1n) is 4.09. The Morgan fingerprint density at radius 1 is 1.43 bits per heavy atom. The third-order valence-corrected chi connectivity index (χ3v) is 2.20. The Bertz CT molecular complexity index is 361. The number of hydrogen-bond acceptors (Lipinski definition) is 1. The maximum absolute atomic E-state index is 13.2. The molecule has 14 heavy (non-hydrogen) atoms. The van der Waals surface area contributed by atoms with Crippen molar-refractivity contribution in [2.45, 2.75) is 6.42 Å². The molecule has 0 bridgehead atoms. The van der Waals surface area contributed by atoms with E-state index >= 15 is 0 Å². The van der Waals surface area contributed by atoms with Gasteiger partial charge in [-0.25, -0.2) is 4.39 Å². The molecule has 1 rings (SSSR count). The van der Waals surface area contributed by atoms with E-state index in [1.54, 1.807) is 6.08 Å². The van der Waals surface area contributed by atoms with E-state index in [1.807, 2.05) is 0 Å². The van der Waals surface area contributed by atoms with Crippen LogP contribution in [0, 0.1) is 0 Å². The van der Waals surface area contributed by atoms with Gasteiger partial charge in [0, 0.05) is 0 Å². The largest absolute Gasteiger partial charge is 0.508 e. The van der Waals surface area contributed by atoms with Gasteiger partial charge in [0.1, 0.15) is 11.6 Å². The average Bonchev–Trinajstić information content (AvgIpc) is 2.10. The van der Waals surface area contributed by atoms with Crippen molar-refractivity contribution in [3.8, 4) is 0 Å². The first kappa shape index (κ1) is 11.0. The predicted molar refractivity (Wildman–Crippen MR) is 59.8 cm³/mol. The van der Waals surface area contributed by atoms with E-state index in [2.05, 4.69) is 22.5 Å². The highest BCUT2D eigenvalue weighted by Gasteiger charge is 2.01. The molecule has 1 nitrogen and oxygen atoms in total. The molecular weight excluding hydrogens is 247 g/mol. The smallest absolute Gasteiger partial charge is 0.133 e. The first-order chi connectivity index (χ1) is 6.59. The fraction of sp³-hybridized carbons (Fsp3) is 0.0909. The van der Waals surface area contributed by atoms with Crippen LogP contribution in [0.5, 0.6) is 0 Å². The zero-order chi connectivity index (χ0) is 10.6. The number of hydrogen-bond donors (Lipinski definition) is 1. The molecule has 0 amide bonds. The van der Waals surface area contributed by atoms with E-state index in [4.69, 9.17) is 0 Å². The van der Waals surface area contributed by atoms with E-state index in [9.17, 15) is 9.50 Å². The molecule has 0 spiro atoms. The minimum Gasteiger partial charge on any atom is -0.508 e. The number of aliphatic hydroxyl groups is 1. The van der Waals surface area contributed by atoms with Crippen molar-refractivity contribution in [1.82, 2.24) is 0 Å². The number of halogens is 2. The Hall–Kier alpha value is -1.09. The Morgan fingerprint density at radius 2 is 2.14 bits per heavy atom. The summed E-state index contributed by atoms with van der Waals surface area (Å²) in [4.78, 5) is 0. The molecule has 0 unspecified atom stereocenters. The Balaban J connectivity index is 3.03. The summed E-state index contributed by atoms with van der Waals surface area (Å²) in [6.45, 7) is 3.65. The van der Waals surface area contributed by atoms with Crippen molar-refractivity contribution in [2.75, 3.05) is 0 Å². The Kier molecular flexibility index (Phi) is 3.89. The summed E-state index contributed by atoms with van der Waals surface area (Å²) >= 11 is 3.08. The van der Waals surface area contributed by atoms with Crippen LogP contribution in [-0.4, -0.2) is 5.11 Å². The highest BCUT2D eigenvalue weighted by molar-refractivity contribution is 9.11. The van der Waals surface area contributed by atoms with Gasteiger partial charge in [0.15, 0.2) is 0 Å². The summed E-state index contributed by atoms with van der Waals surface area (Å²) in [5.74, 6) is -0.215. The second kappa shape index (κ2) is 4.96. The number of rotatable bonds is 0. The quantitative estimate of drug-likeness (QED) is 0.693. The van der Waals surface area contributed by atoms with E-state index in [1.165, 1.54) is 24.3 Å². The summed E-state index contributed by atoms with van der Waals surface area (Å²) in [7, 11) is 0. The van der Waals surface area contributed by atoms with Crippen LogP contribution >= 0.6 is 15.9 Å². The van der Waals surface area contributed by atoms with Gasteiger partial charge < -0.3 is 5.11 Å². The lowest BCUT2D eigenvalue weighted by atomic mass is 10.2. The van der Waals surface area contributed by atoms with Crippen molar-refractivity contribution in [1.29, 1.82) is 0 Å². The van der Waals surface area contributed by atoms with Crippen LogP contribution in [0.2, 0.25) is 0 Å². The second-order valence-corrected chi connectivity index (χ2v) is 3.68. The van der Waals surface area contributed by atoms with Gasteiger partial charge in [-0.15, -0.1) is 0 Å². The molecule has 0 aliphatic heterocycles. The molecule has 0 aromatic carbocycles. The molecule has 0 fully saturated rings. The van der Waals surface area contributed by atoms with E-state index < -0.39 is 0 Å². The van der Waals surface area contributed by atoms with E-state index in [0.717, 1.165) is 0 Å². The molecule has 1 N–H and O–H groups in total. The van der Waals surface area contributed by atoms with Crippen molar-refractivity contribution >= 4 is 15.9 Å². The number of allylic oxidation sites excluding steroid dienone is 8. The summed E-state index contributed by atoms with van der Waals surface area (Å²) in [5.41, 5.74) is 0.532. The molecule has 0 radical (unpaired) electrons. The second-order valence-electron chi connectivity index (χ2n) is 2.83. The van der Waals surface area contributed by atoms with Gasteiger partial charge in [0.2, 0.25) is 0 Å². The fourth-order valence-electron chi connectivity index (χ4n) is 0.969. The standard InChI is InChI=1S/C11H10BrFO/c1-8-6-9(14)4-2-3-5-11(13)10(12)7-8/h2,4-7,14H,1,3H2/b4-2-,9-6+,10-7?,11-5+. The third kappa shape index (κ3) is 3.34. The lowest BCUT2D eigenvalue weighted by molar-refractivity contribution is 0.432. The van der Waals surface area contributed by atoms with Crippen LogP contribution in [0.1, 0.15) is 6.42 Å². The Morgan fingerprint density at radius 3 is 2.86 bits per heavy atom. The summed E-state index contributed by atoms with van der Waals surface area (Å²) < 4.78 is 13.5. The SMILES string of the molecule is C=C1C=C(Br)/C(F)=C\C/C=C\C(O)=C/1. The lowest BCUT2D eigenvalue weighted by Crippen LogP contribution is -1.82. The molecule has 0 atom stereocenters. The van der Waals surface area contributed by atoms with Gasteiger partial charge in [0.05, 0.1) is 4.48 Å². The molecule has 0 heterocycles. The van der Waals surface area contributed by atoms with Crippen molar-refractivity contribution in [3.05, 3.63) is 58.6 Å². The predicted octanol–water partition coefficient (Wildman–Crippen LogP) is 4.08. The van der Waals surface area contributed by atoms with Crippen molar-refractivity contribution in [3.63, 3.8) is 0 Å². The van der Waals surface area contributed by atoms with Crippen LogP contribution in [0.15, 0.2) is 58.6 Å². The van der Waals surface area contributed by atoms with Gasteiger partial charge >= 0.3 is 0 Å². The zero-order valence-electron chi connectivity index (χ0n) is 7.50. The van der Waals surface area contributed by atoms with Crippen LogP contribution in [0.3, 0.4) is 0 Å². The maximum atomic E-state index is 13.2. The molecule has 0 saturated carbocycles. The zero-order valence-corrected chi connectivity index (χ0v) is 9.09. The molecule has 0 aromatic heterocycles. The van der Waals surface area contributed by atoms with E-state index in [0.29, 0.717) is 16.5 Å². The maximum Gasteiger partial charge on any atom is 0.133 e. The van der Waals surface area contributed by atoms with E-state index in [-0.39, 0.29) is 11.6 Å². The van der Waals surface area contributed by atoms with Gasteiger partial charge in [0.25, 0.3) is 0 Å². The molecule has 1 aliphatic carbocycles. The summed E-state index contributed by atoms with van der Waals surface area (Å²) in [6.07, 6.45) is 8.03. The minimum absolute atomic E-state index is 0.113. The normalized spacial score (nSPS) is 28.1. The molecule has 0 aromatic rings. The van der Waals surface area contributed by atoms with Crippen LogP contribution in [0.25, 0.3) is 0 Å². The monoisotopic (exact) mass is 256 g/mol. The van der Waals surface area contributed by atoms with Crippen LogP contribution in [0.4, 0.5) is 4.39 Å². The fourth-order valence-corrected chi connectivity index (χ4v) is 1.43. The highest BCUT2D eigenvalue weighted by Crippen LogP contribution is 2.22. The molecular formula is C11H10BrFO.